The molecule has 0 aromatic carbocycles. The molecule has 0 spiro atoms. The molecule has 0 aliphatic carbocycles. The molecule has 0 saturated heterocycles. The van der Waals surface area contributed by atoms with Gasteiger partial charge in [0.15, 0.2) is 0 Å². The summed E-state index contributed by atoms with van der Waals surface area (Å²) in [6.07, 6.45) is 4.59. The van der Waals surface area contributed by atoms with E-state index in [9.17, 15) is 4.79 Å². The van der Waals surface area contributed by atoms with Crippen LogP contribution in [-0.4, -0.2) is 40.9 Å². The molecule has 0 fully saturated rings. The van der Waals surface area contributed by atoms with Crippen molar-refractivity contribution < 1.29 is 0 Å². The van der Waals surface area contributed by atoms with Gasteiger partial charge in [-0.15, -0.1) is 0 Å². The highest BCUT2D eigenvalue weighted by molar-refractivity contribution is 6.32. The van der Waals surface area contributed by atoms with Gasteiger partial charge in [0.1, 0.15) is 5.02 Å². The lowest BCUT2D eigenvalue weighted by Crippen LogP contribution is -2.28. The third-order valence-corrected chi connectivity index (χ3v) is 3.96. The predicted molar refractivity (Wildman–Crippen MR) is 89.3 cm³/mol. The molecule has 0 amide bonds. The van der Waals surface area contributed by atoms with Crippen LogP contribution in [0.3, 0.4) is 0 Å². The molecule has 6 heteroatoms. The Balaban J connectivity index is 2.53. The zero-order valence-electron chi connectivity index (χ0n) is 13.5. The van der Waals surface area contributed by atoms with Crippen LogP contribution in [0.15, 0.2) is 11.0 Å². The fourth-order valence-electron chi connectivity index (χ4n) is 1.87. The summed E-state index contributed by atoms with van der Waals surface area (Å²) in [4.78, 5) is 14.3. The zero-order valence-corrected chi connectivity index (χ0v) is 14.3. The molecular formula is C15H27ClN4O. The van der Waals surface area contributed by atoms with Crippen LogP contribution in [0.25, 0.3) is 0 Å². The average Bonchev–Trinajstić information content (AvgIpc) is 2.46. The molecule has 21 heavy (non-hydrogen) atoms. The second kappa shape index (κ2) is 9.05. The number of aryl methyl sites for hydroxylation is 1. The third-order valence-electron chi connectivity index (χ3n) is 3.59. The minimum absolute atomic E-state index is 0.214. The van der Waals surface area contributed by atoms with Gasteiger partial charge in [0.25, 0.3) is 5.56 Å². The van der Waals surface area contributed by atoms with Gasteiger partial charge in [-0.3, -0.25) is 4.79 Å². The highest BCUT2D eigenvalue weighted by atomic mass is 35.5. The van der Waals surface area contributed by atoms with Crippen molar-refractivity contribution in [3.8, 4) is 0 Å². The number of nitrogens with one attached hydrogen (secondary N) is 1. The molecule has 120 valence electrons. The van der Waals surface area contributed by atoms with E-state index < -0.39 is 0 Å². The van der Waals surface area contributed by atoms with Crippen molar-refractivity contribution in [2.24, 2.45) is 0 Å². The van der Waals surface area contributed by atoms with Crippen LogP contribution in [0, 0.1) is 0 Å². The maximum atomic E-state index is 12.0. The first-order valence-electron chi connectivity index (χ1n) is 7.67. The Kier molecular flexibility index (Phi) is 7.75. The first kappa shape index (κ1) is 18.0. The quantitative estimate of drug-likeness (QED) is 0.712. The Bertz CT molecular complexity index is 487. The second-order valence-electron chi connectivity index (χ2n) is 5.61. The van der Waals surface area contributed by atoms with Crippen molar-refractivity contribution in [2.75, 3.05) is 25.5 Å². The van der Waals surface area contributed by atoms with Gasteiger partial charge in [-0.2, -0.15) is 5.10 Å². The highest BCUT2D eigenvalue weighted by Crippen LogP contribution is 2.15. The minimum atomic E-state index is -0.214. The summed E-state index contributed by atoms with van der Waals surface area (Å²) in [5.74, 6) is 0. The number of halogens is 1. The van der Waals surface area contributed by atoms with Crippen molar-refractivity contribution in [3.05, 3.63) is 21.6 Å². The normalized spacial score (nSPS) is 11.4. The van der Waals surface area contributed by atoms with Gasteiger partial charge in [0.2, 0.25) is 0 Å². The number of aromatic nitrogens is 2. The molecule has 1 aromatic rings. The lowest BCUT2D eigenvalue weighted by molar-refractivity contribution is 0.273. The summed E-state index contributed by atoms with van der Waals surface area (Å²) in [6.45, 7) is 8.82. The van der Waals surface area contributed by atoms with Crippen LogP contribution in [0.5, 0.6) is 0 Å². The zero-order chi connectivity index (χ0) is 15.8. The van der Waals surface area contributed by atoms with Crippen molar-refractivity contribution in [3.63, 3.8) is 0 Å². The molecule has 5 nitrogen and oxygen atoms in total. The van der Waals surface area contributed by atoms with Crippen molar-refractivity contribution in [1.29, 1.82) is 0 Å². The topological polar surface area (TPSA) is 50.2 Å². The van der Waals surface area contributed by atoms with Gasteiger partial charge in [-0.05, 0) is 40.3 Å². The van der Waals surface area contributed by atoms with Gasteiger partial charge >= 0.3 is 0 Å². The molecule has 0 bridgehead atoms. The molecule has 1 aromatic heterocycles. The summed E-state index contributed by atoms with van der Waals surface area (Å²) >= 11 is 6.12. The van der Waals surface area contributed by atoms with E-state index >= 15 is 0 Å². The van der Waals surface area contributed by atoms with Crippen LogP contribution in [0.4, 0.5) is 5.69 Å². The fraction of sp³-hybridized carbons (Fsp3) is 0.733. The summed E-state index contributed by atoms with van der Waals surface area (Å²) < 4.78 is 1.43. The number of anilines is 1. The summed E-state index contributed by atoms with van der Waals surface area (Å²) in [5, 5.41) is 7.60. The van der Waals surface area contributed by atoms with Crippen LogP contribution < -0.4 is 10.9 Å². The molecule has 1 rings (SSSR count). The molecule has 0 atom stereocenters. The molecule has 0 unspecified atom stereocenters. The summed E-state index contributed by atoms with van der Waals surface area (Å²) in [6, 6.07) is 0.540. The van der Waals surface area contributed by atoms with Crippen LogP contribution >= 0.6 is 11.6 Å². The van der Waals surface area contributed by atoms with Gasteiger partial charge in [-0.1, -0.05) is 24.9 Å². The molecule has 0 aliphatic rings. The SMILES string of the molecule is CCCCn1ncc(NCCCN(C)C(C)C)c(Cl)c1=O. The first-order valence-corrected chi connectivity index (χ1v) is 8.04. The maximum Gasteiger partial charge on any atom is 0.287 e. The number of rotatable bonds is 9. The maximum absolute atomic E-state index is 12.0. The number of nitrogens with zero attached hydrogens (tertiary/aromatic N) is 3. The Morgan fingerprint density at radius 3 is 2.76 bits per heavy atom. The second-order valence-corrected chi connectivity index (χ2v) is 5.99. The van der Waals surface area contributed by atoms with Gasteiger partial charge in [0.05, 0.1) is 11.9 Å². The molecular weight excluding hydrogens is 288 g/mol. The van der Waals surface area contributed by atoms with Crippen LogP contribution in [0.1, 0.15) is 40.0 Å². The Morgan fingerprint density at radius 2 is 2.14 bits per heavy atom. The predicted octanol–water partition coefficient (Wildman–Crippen LogP) is 2.84. The van der Waals surface area contributed by atoms with E-state index in [0.717, 1.165) is 32.4 Å². The van der Waals surface area contributed by atoms with Crippen molar-refractivity contribution >= 4 is 17.3 Å². The monoisotopic (exact) mass is 314 g/mol. The van der Waals surface area contributed by atoms with E-state index in [0.29, 0.717) is 18.3 Å². The number of hydrogen-bond acceptors (Lipinski definition) is 4. The van der Waals surface area contributed by atoms with Gasteiger partial charge in [-0.25, -0.2) is 4.68 Å². The summed E-state index contributed by atoms with van der Waals surface area (Å²) in [7, 11) is 2.11. The lowest BCUT2D eigenvalue weighted by atomic mass is 10.3. The van der Waals surface area contributed by atoms with E-state index in [4.69, 9.17) is 11.6 Å². The van der Waals surface area contributed by atoms with E-state index in [1.54, 1.807) is 6.20 Å². The van der Waals surface area contributed by atoms with Gasteiger partial charge in [0, 0.05) is 19.1 Å². The lowest BCUT2D eigenvalue weighted by Gasteiger charge is -2.20. The van der Waals surface area contributed by atoms with E-state index in [2.05, 4.69) is 43.1 Å². The largest absolute Gasteiger partial charge is 0.382 e. The fourth-order valence-corrected chi connectivity index (χ4v) is 2.08. The van der Waals surface area contributed by atoms with Crippen molar-refractivity contribution in [1.82, 2.24) is 14.7 Å². The third kappa shape index (κ3) is 5.67. The van der Waals surface area contributed by atoms with E-state index in [1.807, 2.05) is 0 Å². The summed E-state index contributed by atoms with van der Waals surface area (Å²) in [5.41, 5.74) is 0.413. The first-order chi connectivity index (χ1) is 9.97. The Hall–Kier alpha value is -1.07. The van der Waals surface area contributed by atoms with Crippen LogP contribution in [0.2, 0.25) is 5.02 Å². The number of unbranched alkanes of at least 4 members (excludes halogenated alkanes) is 1. The number of hydrogen-bond donors (Lipinski definition) is 1. The minimum Gasteiger partial charge on any atom is -0.382 e. The van der Waals surface area contributed by atoms with Gasteiger partial charge < -0.3 is 10.2 Å². The highest BCUT2D eigenvalue weighted by Gasteiger charge is 2.09. The molecule has 0 aliphatic heterocycles. The standard InChI is InChI=1S/C15H27ClN4O/c1-5-6-10-20-15(21)14(16)13(11-18-20)17-8-7-9-19(4)12(2)3/h11-12,17H,5-10H2,1-4H3. The van der Waals surface area contributed by atoms with Crippen molar-refractivity contribution in [2.45, 2.75) is 52.6 Å². The molecule has 0 saturated carbocycles. The molecule has 0 radical (unpaired) electrons. The average molecular weight is 315 g/mol. The molecule has 1 N–H and O–H groups in total. The van der Waals surface area contributed by atoms with E-state index in [1.165, 1.54) is 4.68 Å². The van der Waals surface area contributed by atoms with E-state index in [-0.39, 0.29) is 10.6 Å². The Labute approximate surface area is 132 Å². The Morgan fingerprint density at radius 1 is 1.43 bits per heavy atom. The molecule has 1 heterocycles. The van der Waals surface area contributed by atoms with Crippen LogP contribution in [-0.2, 0) is 6.54 Å². The smallest absolute Gasteiger partial charge is 0.287 e.